The minimum Gasteiger partial charge on any atom is -0.497 e. The fourth-order valence-corrected chi connectivity index (χ4v) is 2.95. The van der Waals surface area contributed by atoms with E-state index in [0.29, 0.717) is 28.3 Å². The summed E-state index contributed by atoms with van der Waals surface area (Å²) in [6.45, 7) is 1.39. The lowest BCUT2D eigenvalue weighted by molar-refractivity contribution is -0.159. The Bertz CT molecular complexity index is 918. The molecule has 3 rings (SSSR count). The zero-order valence-corrected chi connectivity index (χ0v) is 15.0. The molecule has 7 nitrogen and oxygen atoms in total. The van der Waals surface area contributed by atoms with Gasteiger partial charge in [-0.2, -0.15) is 15.4 Å². The van der Waals surface area contributed by atoms with Gasteiger partial charge in [0.2, 0.25) is 0 Å². The molecule has 1 aliphatic rings. The quantitative estimate of drug-likeness (QED) is 0.878. The minimum absolute atomic E-state index is 0.194. The Labute approximate surface area is 157 Å². The van der Waals surface area contributed by atoms with E-state index < -0.39 is 11.6 Å². The zero-order chi connectivity index (χ0) is 19.4. The molecule has 2 aromatic rings. The number of hydrazone groups is 1. The number of hydrogen-bond acceptors (Lipinski definition) is 6. The number of rotatable bonds is 5. The Morgan fingerprint density at radius 3 is 2.67 bits per heavy atom. The van der Waals surface area contributed by atoms with Crippen LogP contribution in [0, 0.1) is 11.3 Å². The maximum absolute atomic E-state index is 12.7. The van der Waals surface area contributed by atoms with Crippen molar-refractivity contribution in [1.29, 1.82) is 5.26 Å². The van der Waals surface area contributed by atoms with Crippen LogP contribution in [-0.4, -0.2) is 35.5 Å². The second-order valence-electron chi connectivity index (χ2n) is 6.16. The number of aliphatic hydroxyl groups is 1. The molecule has 0 bridgehead atoms. The summed E-state index contributed by atoms with van der Waals surface area (Å²) in [5.74, 6) is 0.437. The van der Waals surface area contributed by atoms with E-state index in [4.69, 9.17) is 14.7 Å². The van der Waals surface area contributed by atoms with E-state index in [-0.39, 0.29) is 13.0 Å². The second kappa shape index (κ2) is 7.48. The van der Waals surface area contributed by atoms with Crippen molar-refractivity contribution >= 4 is 11.6 Å². The van der Waals surface area contributed by atoms with Crippen molar-refractivity contribution in [3.63, 3.8) is 0 Å². The van der Waals surface area contributed by atoms with Crippen molar-refractivity contribution in [2.45, 2.75) is 19.1 Å². The first kappa shape index (κ1) is 18.4. The fraction of sp³-hybridized carbons (Fsp3) is 0.250. The molecular weight excluding hydrogens is 346 g/mol. The Balaban J connectivity index is 1.80. The van der Waals surface area contributed by atoms with Gasteiger partial charge in [-0.1, -0.05) is 24.3 Å². The van der Waals surface area contributed by atoms with Crippen LogP contribution >= 0.6 is 0 Å². The number of methoxy groups -OCH3 is 1. The van der Waals surface area contributed by atoms with Crippen LogP contribution in [0.5, 0.6) is 11.5 Å². The molecule has 1 amide bonds. The van der Waals surface area contributed by atoms with E-state index >= 15 is 0 Å². The van der Waals surface area contributed by atoms with Gasteiger partial charge in [0, 0.05) is 17.7 Å². The van der Waals surface area contributed by atoms with Crippen LogP contribution in [0.4, 0.5) is 0 Å². The van der Waals surface area contributed by atoms with Crippen molar-refractivity contribution in [1.82, 2.24) is 5.01 Å². The lowest BCUT2D eigenvalue weighted by Crippen LogP contribution is -2.45. The van der Waals surface area contributed by atoms with Crippen LogP contribution in [0.3, 0.4) is 0 Å². The van der Waals surface area contributed by atoms with Crippen LogP contribution in [0.25, 0.3) is 0 Å². The molecule has 1 N–H and O–H groups in total. The van der Waals surface area contributed by atoms with Crippen LogP contribution in [0.15, 0.2) is 53.6 Å². The van der Waals surface area contributed by atoms with Gasteiger partial charge in [0.15, 0.2) is 12.3 Å². The smallest absolute Gasteiger partial charge is 0.283 e. The van der Waals surface area contributed by atoms with E-state index in [1.54, 1.807) is 62.6 Å². The predicted molar refractivity (Wildman–Crippen MR) is 98.1 cm³/mol. The standard InChI is InChI=1S/C20H19N3O4/c1-14-11-20(25,16-7-9-17(26-2)10-8-16)23(22-14)19(24)13-27-18-6-4-3-5-15(18)12-21/h3-10,25H,11,13H2,1-2H3/t20-/m1/s1. The highest BCUT2D eigenvalue weighted by atomic mass is 16.5. The third-order valence-corrected chi connectivity index (χ3v) is 4.27. The summed E-state index contributed by atoms with van der Waals surface area (Å²) in [5.41, 5.74) is -0.114. The topological polar surface area (TPSA) is 95.2 Å². The molecule has 1 atom stereocenters. The summed E-state index contributed by atoms with van der Waals surface area (Å²) in [4.78, 5) is 12.7. The van der Waals surface area contributed by atoms with Gasteiger partial charge in [-0.15, -0.1) is 0 Å². The first-order valence-corrected chi connectivity index (χ1v) is 8.34. The van der Waals surface area contributed by atoms with Crippen molar-refractivity contribution in [3.05, 3.63) is 59.7 Å². The number of nitrogens with zero attached hydrogens (tertiary/aromatic N) is 3. The molecule has 0 fully saturated rings. The number of carbonyl (C=O) groups excluding carboxylic acids is 1. The number of benzene rings is 2. The molecule has 27 heavy (non-hydrogen) atoms. The number of carbonyl (C=O) groups is 1. The number of para-hydroxylation sites is 1. The Morgan fingerprint density at radius 1 is 1.30 bits per heavy atom. The molecule has 1 aliphatic heterocycles. The highest BCUT2D eigenvalue weighted by molar-refractivity contribution is 5.89. The van der Waals surface area contributed by atoms with Gasteiger partial charge < -0.3 is 14.6 Å². The van der Waals surface area contributed by atoms with Gasteiger partial charge in [0.25, 0.3) is 5.91 Å². The first-order chi connectivity index (χ1) is 13.0. The maximum Gasteiger partial charge on any atom is 0.283 e. The third-order valence-electron chi connectivity index (χ3n) is 4.27. The Morgan fingerprint density at radius 2 is 2.00 bits per heavy atom. The molecule has 7 heteroatoms. The number of nitriles is 1. The fourth-order valence-electron chi connectivity index (χ4n) is 2.95. The molecule has 0 spiro atoms. The lowest BCUT2D eigenvalue weighted by atomic mass is 9.97. The van der Waals surface area contributed by atoms with Gasteiger partial charge in [0.05, 0.1) is 12.7 Å². The molecule has 138 valence electrons. The number of hydrogen-bond donors (Lipinski definition) is 1. The largest absolute Gasteiger partial charge is 0.497 e. The van der Waals surface area contributed by atoms with Crippen LogP contribution in [0.2, 0.25) is 0 Å². The monoisotopic (exact) mass is 365 g/mol. The van der Waals surface area contributed by atoms with Gasteiger partial charge in [-0.05, 0) is 31.2 Å². The molecule has 1 heterocycles. The molecule has 0 unspecified atom stereocenters. The summed E-state index contributed by atoms with van der Waals surface area (Å²) < 4.78 is 10.6. The van der Waals surface area contributed by atoms with E-state index in [1.165, 1.54) is 0 Å². The van der Waals surface area contributed by atoms with Crippen molar-refractivity contribution < 1.29 is 19.4 Å². The molecular formula is C20H19N3O4. The van der Waals surface area contributed by atoms with Gasteiger partial charge >= 0.3 is 0 Å². The Kier molecular flexibility index (Phi) is 5.10. The highest BCUT2D eigenvalue weighted by Gasteiger charge is 2.45. The van der Waals surface area contributed by atoms with Crippen LogP contribution < -0.4 is 9.47 Å². The van der Waals surface area contributed by atoms with E-state index in [9.17, 15) is 9.90 Å². The SMILES string of the molecule is COc1ccc([C@]2(O)CC(C)=NN2C(=O)COc2ccccc2C#N)cc1. The normalized spacial score (nSPS) is 18.6. The number of amides is 1. The highest BCUT2D eigenvalue weighted by Crippen LogP contribution is 2.36. The van der Waals surface area contributed by atoms with E-state index in [0.717, 1.165) is 5.01 Å². The van der Waals surface area contributed by atoms with Gasteiger partial charge in [-0.3, -0.25) is 4.79 Å². The summed E-state index contributed by atoms with van der Waals surface area (Å²) >= 11 is 0. The molecule has 0 radical (unpaired) electrons. The van der Waals surface area contributed by atoms with Crippen molar-refractivity contribution in [2.24, 2.45) is 5.10 Å². The molecule has 0 saturated carbocycles. The van der Waals surface area contributed by atoms with Gasteiger partial charge in [-0.25, -0.2) is 0 Å². The maximum atomic E-state index is 12.7. The van der Waals surface area contributed by atoms with E-state index in [1.807, 2.05) is 6.07 Å². The summed E-state index contributed by atoms with van der Waals surface area (Å²) in [5, 5.41) is 25.5. The summed E-state index contributed by atoms with van der Waals surface area (Å²) in [7, 11) is 1.55. The second-order valence-corrected chi connectivity index (χ2v) is 6.16. The van der Waals surface area contributed by atoms with Gasteiger partial charge in [0.1, 0.15) is 17.6 Å². The number of ether oxygens (including phenoxy) is 2. The molecule has 0 aliphatic carbocycles. The molecule has 0 saturated heterocycles. The average molecular weight is 365 g/mol. The Hall–Kier alpha value is -3.37. The minimum atomic E-state index is -1.59. The van der Waals surface area contributed by atoms with Crippen LogP contribution in [0.1, 0.15) is 24.5 Å². The molecule has 2 aromatic carbocycles. The molecule has 0 aromatic heterocycles. The third kappa shape index (κ3) is 3.61. The average Bonchev–Trinajstić information content (AvgIpc) is 3.01. The lowest BCUT2D eigenvalue weighted by Gasteiger charge is -2.31. The predicted octanol–water partition coefficient (Wildman–Crippen LogP) is 2.40. The van der Waals surface area contributed by atoms with E-state index in [2.05, 4.69) is 5.10 Å². The van der Waals surface area contributed by atoms with Crippen LogP contribution in [-0.2, 0) is 10.5 Å². The zero-order valence-electron chi connectivity index (χ0n) is 15.0. The summed E-state index contributed by atoms with van der Waals surface area (Å²) in [6.07, 6.45) is 0.194. The van der Waals surface area contributed by atoms with Crippen molar-refractivity contribution in [3.8, 4) is 17.6 Å². The first-order valence-electron chi connectivity index (χ1n) is 8.34. The summed E-state index contributed by atoms with van der Waals surface area (Å²) in [6, 6.07) is 15.5. The van der Waals surface area contributed by atoms with Crippen molar-refractivity contribution in [2.75, 3.05) is 13.7 Å².